The maximum atomic E-state index is 12.5. The van der Waals surface area contributed by atoms with Crippen molar-refractivity contribution in [2.45, 2.75) is 27.3 Å². The molecule has 4 aromatic rings. The van der Waals surface area contributed by atoms with Crippen molar-refractivity contribution in [1.82, 2.24) is 25.1 Å². The van der Waals surface area contributed by atoms with E-state index in [1.54, 1.807) is 42.8 Å². The Hall–Kier alpha value is -4.08. The topological polar surface area (TPSA) is 156 Å². The smallest absolute Gasteiger partial charge is 0.267 e. The number of benzene rings is 1. The van der Waals surface area contributed by atoms with Crippen LogP contribution in [0.2, 0.25) is 0 Å². The molecule has 0 aliphatic rings. The molecule has 0 aliphatic carbocycles. The Kier molecular flexibility index (Phi) is 4.53. The molecule has 0 atom stereocenters. The van der Waals surface area contributed by atoms with Gasteiger partial charge in [-0.3, -0.25) is 14.3 Å². The lowest BCUT2D eigenvalue weighted by atomic mass is 9.92. The van der Waals surface area contributed by atoms with Gasteiger partial charge in [-0.25, -0.2) is 9.61 Å². The van der Waals surface area contributed by atoms with Crippen LogP contribution in [0.4, 0.5) is 0 Å². The van der Waals surface area contributed by atoms with E-state index in [1.165, 1.54) is 0 Å². The van der Waals surface area contributed by atoms with Crippen LogP contribution in [0.5, 0.6) is 0 Å². The van der Waals surface area contributed by atoms with Gasteiger partial charge < -0.3 is 11.5 Å². The highest BCUT2D eigenvalue weighted by Crippen LogP contribution is 2.36. The van der Waals surface area contributed by atoms with Crippen molar-refractivity contribution in [3.8, 4) is 11.1 Å². The van der Waals surface area contributed by atoms with Gasteiger partial charge in [0.05, 0.1) is 23.3 Å². The van der Waals surface area contributed by atoms with Crippen LogP contribution in [0.15, 0.2) is 28.9 Å². The fraction of sp³-hybridized carbons (Fsp3) is 0.200. The fourth-order valence-corrected chi connectivity index (χ4v) is 3.64. The van der Waals surface area contributed by atoms with E-state index in [-0.39, 0.29) is 16.8 Å². The number of carbonyl (C=O) groups is 2. The number of rotatable bonds is 5. The lowest BCUT2D eigenvalue weighted by Crippen LogP contribution is -2.21. The number of nitrogens with zero attached hydrogens (tertiary/aromatic N) is 5. The first-order valence-electron chi connectivity index (χ1n) is 9.14. The Morgan fingerprint density at radius 2 is 1.73 bits per heavy atom. The van der Waals surface area contributed by atoms with Crippen LogP contribution in [-0.2, 0) is 6.54 Å². The molecule has 0 radical (unpaired) electrons. The largest absolute Gasteiger partial charge is 0.366 e. The summed E-state index contributed by atoms with van der Waals surface area (Å²) in [5.41, 5.74) is 15.4. The summed E-state index contributed by atoms with van der Waals surface area (Å²) in [4.78, 5) is 29.2. The Labute approximate surface area is 170 Å². The summed E-state index contributed by atoms with van der Waals surface area (Å²) in [6.07, 6.45) is 0. The molecular formula is C20H19N7O3. The summed E-state index contributed by atoms with van der Waals surface area (Å²) in [6, 6.07) is 6.96. The number of aromatic nitrogens is 5. The molecule has 0 aliphatic heterocycles. The molecule has 1 aromatic carbocycles. The SMILES string of the molecule is Cc1nonc1Cn1nc(C)c(-c2c(C(N)=O)nc3ccccc3c2C(N)=O)c1C. The third-order valence-electron chi connectivity index (χ3n) is 5.05. The van der Waals surface area contributed by atoms with Crippen molar-refractivity contribution in [2.24, 2.45) is 11.5 Å². The molecule has 10 nitrogen and oxygen atoms in total. The minimum atomic E-state index is -0.763. The summed E-state index contributed by atoms with van der Waals surface area (Å²) >= 11 is 0. The molecule has 0 spiro atoms. The average Bonchev–Trinajstić information content (AvgIpc) is 3.22. The first-order valence-corrected chi connectivity index (χ1v) is 9.14. The van der Waals surface area contributed by atoms with Gasteiger partial charge in [-0.05, 0) is 26.8 Å². The van der Waals surface area contributed by atoms with E-state index in [2.05, 4.69) is 20.4 Å². The first kappa shape index (κ1) is 19.2. The van der Waals surface area contributed by atoms with E-state index in [0.29, 0.717) is 45.8 Å². The number of amides is 2. The van der Waals surface area contributed by atoms with Crippen LogP contribution in [0, 0.1) is 20.8 Å². The van der Waals surface area contributed by atoms with Crippen molar-refractivity contribution in [3.63, 3.8) is 0 Å². The maximum Gasteiger partial charge on any atom is 0.267 e. The molecule has 0 saturated carbocycles. The Bertz CT molecular complexity index is 1320. The van der Waals surface area contributed by atoms with Gasteiger partial charge in [-0.2, -0.15) is 5.10 Å². The molecule has 152 valence electrons. The maximum absolute atomic E-state index is 12.5. The number of primary amides is 2. The summed E-state index contributed by atoms with van der Waals surface area (Å²) < 4.78 is 6.45. The number of hydrogen-bond acceptors (Lipinski definition) is 7. The number of para-hydroxylation sites is 1. The second kappa shape index (κ2) is 7.07. The van der Waals surface area contributed by atoms with E-state index in [4.69, 9.17) is 16.1 Å². The van der Waals surface area contributed by atoms with Crippen molar-refractivity contribution >= 4 is 22.7 Å². The minimum Gasteiger partial charge on any atom is -0.366 e. The lowest BCUT2D eigenvalue weighted by molar-refractivity contribution is 0.0996. The van der Waals surface area contributed by atoms with Crippen LogP contribution in [0.25, 0.3) is 22.0 Å². The van der Waals surface area contributed by atoms with E-state index >= 15 is 0 Å². The van der Waals surface area contributed by atoms with E-state index < -0.39 is 11.8 Å². The second-order valence-electron chi connectivity index (χ2n) is 6.96. The highest BCUT2D eigenvalue weighted by Gasteiger charge is 2.27. The summed E-state index contributed by atoms with van der Waals surface area (Å²) in [5, 5.41) is 12.8. The average molecular weight is 405 g/mol. The molecule has 0 unspecified atom stereocenters. The molecule has 3 heterocycles. The van der Waals surface area contributed by atoms with Gasteiger partial charge >= 0.3 is 0 Å². The number of pyridine rings is 1. The molecule has 30 heavy (non-hydrogen) atoms. The zero-order chi connectivity index (χ0) is 21.6. The van der Waals surface area contributed by atoms with E-state index in [1.807, 2.05) is 6.92 Å². The predicted molar refractivity (Wildman–Crippen MR) is 108 cm³/mol. The molecule has 10 heteroatoms. The van der Waals surface area contributed by atoms with Gasteiger partial charge in [-0.15, -0.1) is 0 Å². The van der Waals surface area contributed by atoms with Crippen LogP contribution in [-0.4, -0.2) is 36.9 Å². The zero-order valence-electron chi connectivity index (χ0n) is 16.6. The number of aryl methyl sites for hydroxylation is 2. The molecule has 3 aromatic heterocycles. The van der Waals surface area contributed by atoms with Crippen LogP contribution in [0.1, 0.15) is 43.6 Å². The van der Waals surface area contributed by atoms with Crippen molar-refractivity contribution in [1.29, 1.82) is 0 Å². The molecule has 2 amide bonds. The van der Waals surface area contributed by atoms with Crippen molar-refractivity contribution in [2.75, 3.05) is 0 Å². The summed E-state index contributed by atoms with van der Waals surface area (Å²) in [7, 11) is 0. The molecule has 0 saturated heterocycles. The monoisotopic (exact) mass is 405 g/mol. The van der Waals surface area contributed by atoms with Gasteiger partial charge in [0.15, 0.2) is 0 Å². The quantitative estimate of drug-likeness (QED) is 0.511. The molecule has 4 N–H and O–H groups in total. The normalized spacial score (nSPS) is 11.2. The highest BCUT2D eigenvalue weighted by molar-refractivity contribution is 6.15. The summed E-state index contributed by atoms with van der Waals surface area (Å²) in [5.74, 6) is -1.45. The number of nitrogens with two attached hydrogens (primary N) is 2. The molecular weight excluding hydrogens is 386 g/mol. The van der Waals surface area contributed by atoms with Gasteiger partial charge in [0.2, 0.25) is 5.91 Å². The van der Waals surface area contributed by atoms with E-state index in [9.17, 15) is 9.59 Å². The van der Waals surface area contributed by atoms with Gasteiger partial charge in [0.1, 0.15) is 17.1 Å². The fourth-order valence-electron chi connectivity index (χ4n) is 3.64. The second-order valence-corrected chi connectivity index (χ2v) is 6.96. The van der Waals surface area contributed by atoms with Gasteiger partial charge in [-0.1, -0.05) is 28.5 Å². The van der Waals surface area contributed by atoms with Gasteiger partial charge in [0.25, 0.3) is 5.91 Å². The first-order chi connectivity index (χ1) is 14.3. The van der Waals surface area contributed by atoms with Crippen LogP contribution < -0.4 is 11.5 Å². The Morgan fingerprint density at radius 1 is 1.00 bits per heavy atom. The van der Waals surface area contributed by atoms with Crippen LogP contribution in [0.3, 0.4) is 0 Å². The lowest BCUT2D eigenvalue weighted by Gasteiger charge is -2.14. The minimum absolute atomic E-state index is 0.0347. The number of hydrogen-bond donors (Lipinski definition) is 2. The molecule has 0 fully saturated rings. The third-order valence-corrected chi connectivity index (χ3v) is 5.05. The third kappa shape index (κ3) is 2.98. The molecule has 0 bridgehead atoms. The Balaban J connectivity index is 2.03. The van der Waals surface area contributed by atoms with Gasteiger partial charge in [0, 0.05) is 22.2 Å². The van der Waals surface area contributed by atoms with Crippen molar-refractivity contribution < 1.29 is 14.2 Å². The standard InChI is InChI=1S/C20H19N7O3/c1-9-14(26-30-25-9)8-27-11(3)15(10(2)24-27)17-16(19(21)28)12-6-4-5-7-13(12)23-18(17)20(22)29/h4-7H,8H2,1-3H3,(H2,21,28)(H2,22,29). The molecule has 4 rings (SSSR count). The Morgan fingerprint density at radius 3 is 2.37 bits per heavy atom. The predicted octanol–water partition coefficient (Wildman–Crippen LogP) is 1.65. The van der Waals surface area contributed by atoms with Crippen LogP contribution >= 0.6 is 0 Å². The number of carbonyl (C=O) groups excluding carboxylic acids is 2. The number of fused-ring (bicyclic) bond motifs is 1. The highest BCUT2D eigenvalue weighted by atomic mass is 16.6. The van der Waals surface area contributed by atoms with Crippen molar-refractivity contribution in [3.05, 3.63) is 58.3 Å². The van der Waals surface area contributed by atoms with E-state index in [0.717, 1.165) is 0 Å². The zero-order valence-corrected chi connectivity index (χ0v) is 16.6. The summed E-state index contributed by atoms with van der Waals surface area (Å²) in [6.45, 7) is 5.68.